The molecule has 1 unspecified atom stereocenters. The van der Waals surface area contributed by atoms with Gasteiger partial charge in [0.05, 0.1) is 6.10 Å². The molecule has 1 aromatic rings. The van der Waals surface area contributed by atoms with E-state index in [-0.39, 0.29) is 6.10 Å². The summed E-state index contributed by atoms with van der Waals surface area (Å²) in [5.41, 5.74) is 0.967. The van der Waals surface area contributed by atoms with Gasteiger partial charge in [0, 0.05) is 17.6 Å². The molecule has 2 rings (SSSR count). The summed E-state index contributed by atoms with van der Waals surface area (Å²) in [5, 5.41) is 11.0. The molecule has 3 heteroatoms. The van der Waals surface area contributed by atoms with Crippen molar-refractivity contribution < 1.29 is 5.11 Å². The van der Waals surface area contributed by atoms with Crippen LogP contribution >= 0.6 is 11.6 Å². The monoisotopic (exact) mass is 295 g/mol. The second-order valence-corrected chi connectivity index (χ2v) is 6.74. The van der Waals surface area contributed by atoms with Crippen molar-refractivity contribution in [3.63, 3.8) is 0 Å². The fraction of sp³-hybridized carbons (Fsp3) is 0.647. The van der Waals surface area contributed by atoms with Crippen molar-refractivity contribution in [1.82, 2.24) is 4.90 Å². The van der Waals surface area contributed by atoms with Crippen LogP contribution in [0.1, 0.15) is 51.2 Å². The summed E-state index contributed by atoms with van der Waals surface area (Å²) >= 11 is 5.87. The zero-order valence-corrected chi connectivity index (χ0v) is 13.3. The van der Waals surface area contributed by atoms with Crippen molar-refractivity contribution in [1.29, 1.82) is 0 Å². The van der Waals surface area contributed by atoms with Crippen LogP contribution in [0.4, 0.5) is 0 Å². The molecule has 1 aliphatic rings. The zero-order valence-electron chi connectivity index (χ0n) is 12.6. The van der Waals surface area contributed by atoms with Crippen LogP contribution in [0.25, 0.3) is 0 Å². The van der Waals surface area contributed by atoms with Gasteiger partial charge in [-0.15, -0.1) is 0 Å². The lowest BCUT2D eigenvalue weighted by molar-refractivity contribution is 0.137. The fourth-order valence-electron chi connectivity index (χ4n) is 2.48. The van der Waals surface area contributed by atoms with Gasteiger partial charge < -0.3 is 10.0 Å². The molecule has 1 saturated carbocycles. The highest BCUT2D eigenvalue weighted by Crippen LogP contribution is 2.29. The van der Waals surface area contributed by atoms with E-state index in [1.807, 2.05) is 24.3 Å². The smallest absolute Gasteiger partial charge is 0.0802 e. The number of aliphatic hydroxyl groups excluding tert-OH is 1. The van der Waals surface area contributed by atoms with E-state index in [9.17, 15) is 5.11 Å². The van der Waals surface area contributed by atoms with E-state index in [2.05, 4.69) is 18.7 Å². The Morgan fingerprint density at radius 3 is 2.30 bits per heavy atom. The number of nitrogens with zero attached hydrogens (tertiary/aromatic N) is 1. The van der Waals surface area contributed by atoms with Gasteiger partial charge >= 0.3 is 0 Å². The van der Waals surface area contributed by atoms with E-state index >= 15 is 0 Å². The van der Waals surface area contributed by atoms with E-state index < -0.39 is 0 Å². The quantitative estimate of drug-likeness (QED) is 0.774. The average Bonchev–Trinajstić information content (AvgIpc) is 3.23. The van der Waals surface area contributed by atoms with E-state index in [4.69, 9.17) is 11.6 Å². The number of halogens is 1. The minimum atomic E-state index is -0.382. The van der Waals surface area contributed by atoms with Crippen molar-refractivity contribution in [3.8, 4) is 0 Å². The Hall–Kier alpha value is -0.570. The highest BCUT2D eigenvalue weighted by Gasteiger charge is 2.28. The predicted octanol–water partition coefficient (Wildman–Crippen LogP) is 4.27. The van der Waals surface area contributed by atoms with Gasteiger partial charge in [-0.05, 0) is 55.8 Å². The lowest BCUT2D eigenvalue weighted by Crippen LogP contribution is -2.30. The first-order valence-electron chi connectivity index (χ1n) is 7.74. The molecule has 0 aliphatic heterocycles. The van der Waals surface area contributed by atoms with Gasteiger partial charge in [0.15, 0.2) is 0 Å². The summed E-state index contributed by atoms with van der Waals surface area (Å²) in [4.78, 5) is 2.55. The van der Waals surface area contributed by atoms with Crippen molar-refractivity contribution in [3.05, 3.63) is 34.9 Å². The van der Waals surface area contributed by atoms with Crippen LogP contribution in [0.5, 0.6) is 0 Å². The molecule has 1 N–H and O–H groups in total. The van der Waals surface area contributed by atoms with E-state index in [0.29, 0.717) is 0 Å². The summed E-state index contributed by atoms with van der Waals surface area (Å²) in [7, 11) is 0. The Kier molecular flexibility index (Phi) is 5.88. The van der Waals surface area contributed by atoms with Crippen LogP contribution < -0.4 is 0 Å². The van der Waals surface area contributed by atoms with E-state index in [1.165, 1.54) is 19.3 Å². The third kappa shape index (κ3) is 5.08. The van der Waals surface area contributed by atoms with Gasteiger partial charge in [-0.1, -0.05) is 37.6 Å². The molecular weight excluding hydrogens is 270 g/mol. The standard InChI is InChI=1S/C17H26ClNO/c1-13(2)9-11-19(16-7-8-16)12-10-17(20)14-3-5-15(18)6-4-14/h3-6,13,16-17,20H,7-12H2,1-2H3. The minimum absolute atomic E-state index is 0.382. The van der Waals surface area contributed by atoms with Gasteiger partial charge in [-0.25, -0.2) is 0 Å². The summed E-state index contributed by atoms with van der Waals surface area (Å²) in [6.07, 6.45) is 4.32. The third-order valence-corrected chi connectivity index (χ3v) is 4.25. The maximum absolute atomic E-state index is 10.3. The second kappa shape index (κ2) is 7.44. The maximum Gasteiger partial charge on any atom is 0.0802 e. The van der Waals surface area contributed by atoms with Gasteiger partial charge in [-0.2, -0.15) is 0 Å². The van der Waals surface area contributed by atoms with Gasteiger partial charge in [0.25, 0.3) is 0 Å². The number of hydrogen-bond acceptors (Lipinski definition) is 2. The van der Waals surface area contributed by atoms with Crippen LogP contribution in [-0.4, -0.2) is 29.1 Å². The summed E-state index contributed by atoms with van der Waals surface area (Å²) in [6, 6.07) is 8.30. The molecule has 0 amide bonds. The predicted molar refractivity (Wildman–Crippen MR) is 85.1 cm³/mol. The highest BCUT2D eigenvalue weighted by molar-refractivity contribution is 6.30. The van der Waals surface area contributed by atoms with Crippen molar-refractivity contribution in [2.24, 2.45) is 5.92 Å². The molecule has 1 fully saturated rings. The van der Waals surface area contributed by atoms with Gasteiger partial charge in [0.1, 0.15) is 0 Å². The molecule has 1 atom stereocenters. The Bertz CT molecular complexity index is 400. The van der Waals surface area contributed by atoms with Crippen molar-refractivity contribution >= 4 is 11.6 Å². The Balaban J connectivity index is 1.80. The number of aliphatic hydroxyl groups is 1. The SMILES string of the molecule is CC(C)CCN(CCC(O)c1ccc(Cl)cc1)C1CC1. The summed E-state index contributed by atoms with van der Waals surface area (Å²) in [5.74, 6) is 0.748. The van der Waals surface area contributed by atoms with Crippen LogP contribution in [0, 0.1) is 5.92 Å². The van der Waals surface area contributed by atoms with Gasteiger partial charge in [-0.3, -0.25) is 0 Å². The van der Waals surface area contributed by atoms with E-state index in [0.717, 1.165) is 42.1 Å². The maximum atomic E-state index is 10.3. The molecule has 0 heterocycles. The average molecular weight is 296 g/mol. The molecule has 112 valence electrons. The molecule has 0 radical (unpaired) electrons. The summed E-state index contributed by atoms with van der Waals surface area (Å²) in [6.45, 7) is 6.69. The molecule has 1 aliphatic carbocycles. The number of benzene rings is 1. The third-order valence-electron chi connectivity index (χ3n) is 4.00. The molecule has 2 nitrogen and oxygen atoms in total. The Morgan fingerprint density at radius 2 is 1.75 bits per heavy atom. The molecule has 20 heavy (non-hydrogen) atoms. The molecular formula is C17H26ClNO. The number of rotatable bonds is 8. The van der Waals surface area contributed by atoms with Gasteiger partial charge in [0.2, 0.25) is 0 Å². The highest BCUT2D eigenvalue weighted by atomic mass is 35.5. The summed E-state index contributed by atoms with van der Waals surface area (Å²) < 4.78 is 0. The molecule has 0 saturated heterocycles. The molecule has 0 bridgehead atoms. The first-order chi connectivity index (χ1) is 9.56. The number of hydrogen-bond donors (Lipinski definition) is 1. The van der Waals surface area contributed by atoms with Crippen molar-refractivity contribution in [2.75, 3.05) is 13.1 Å². The second-order valence-electron chi connectivity index (χ2n) is 6.31. The first-order valence-corrected chi connectivity index (χ1v) is 8.11. The first kappa shape index (κ1) is 15.8. The van der Waals surface area contributed by atoms with Crippen LogP contribution in [0.15, 0.2) is 24.3 Å². The lowest BCUT2D eigenvalue weighted by Gasteiger charge is -2.24. The fourth-order valence-corrected chi connectivity index (χ4v) is 2.61. The Labute approximate surface area is 127 Å². The zero-order chi connectivity index (χ0) is 14.5. The van der Waals surface area contributed by atoms with E-state index in [1.54, 1.807) is 0 Å². The molecule has 0 spiro atoms. The lowest BCUT2D eigenvalue weighted by atomic mass is 10.1. The van der Waals surface area contributed by atoms with Crippen LogP contribution in [-0.2, 0) is 0 Å². The topological polar surface area (TPSA) is 23.5 Å². The molecule has 1 aromatic carbocycles. The normalized spacial score (nSPS) is 16.9. The minimum Gasteiger partial charge on any atom is -0.388 e. The van der Waals surface area contributed by atoms with Crippen LogP contribution in [0.3, 0.4) is 0 Å². The molecule has 0 aromatic heterocycles. The Morgan fingerprint density at radius 1 is 1.15 bits per heavy atom. The van der Waals surface area contributed by atoms with Crippen LogP contribution in [0.2, 0.25) is 5.02 Å². The largest absolute Gasteiger partial charge is 0.388 e. The van der Waals surface area contributed by atoms with Crippen molar-refractivity contribution in [2.45, 2.75) is 51.7 Å².